The second-order valence-corrected chi connectivity index (χ2v) is 5.28. The maximum Gasteiger partial charge on any atom is 0.270 e. The number of hydrogen-bond acceptors (Lipinski definition) is 1. The lowest BCUT2D eigenvalue weighted by Crippen LogP contribution is -2.13. The van der Waals surface area contributed by atoms with E-state index in [4.69, 9.17) is 5.73 Å². The van der Waals surface area contributed by atoms with Crippen LogP contribution in [0.3, 0.4) is 0 Å². The standard InChI is InChI=1S/C18H16NO/c1-11-9-10-16(18(19)20)17(12(11)2)15-8-4-6-13-5-3-7-14(13)15/h3-4,6-11,19H,2,5H2,1H3. The van der Waals surface area contributed by atoms with Gasteiger partial charge in [-0.15, -0.1) is 0 Å². The molecule has 2 aliphatic rings. The van der Waals surface area contributed by atoms with E-state index < -0.39 is 5.91 Å². The lowest BCUT2D eigenvalue weighted by molar-refractivity contribution is -0.114. The third kappa shape index (κ3) is 1.85. The van der Waals surface area contributed by atoms with Crippen molar-refractivity contribution in [3.63, 3.8) is 0 Å². The van der Waals surface area contributed by atoms with E-state index in [1.165, 1.54) is 5.56 Å². The van der Waals surface area contributed by atoms with Crippen LogP contribution in [0.4, 0.5) is 0 Å². The molecule has 1 amide bonds. The van der Waals surface area contributed by atoms with Crippen molar-refractivity contribution >= 4 is 17.6 Å². The molecule has 1 N–H and O–H groups in total. The van der Waals surface area contributed by atoms with Gasteiger partial charge >= 0.3 is 0 Å². The summed E-state index contributed by atoms with van der Waals surface area (Å²) in [5.74, 6) is -0.460. The van der Waals surface area contributed by atoms with E-state index in [1.807, 2.05) is 18.2 Å². The number of allylic oxidation sites excluding steroid dienone is 4. The van der Waals surface area contributed by atoms with E-state index in [-0.39, 0.29) is 5.92 Å². The summed E-state index contributed by atoms with van der Waals surface area (Å²) in [6, 6.07) is 6.13. The van der Waals surface area contributed by atoms with E-state index in [0.29, 0.717) is 5.57 Å². The second-order valence-electron chi connectivity index (χ2n) is 5.28. The van der Waals surface area contributed by atoms with Crippen LogP contribution in [0, 0.1) is 5.92 Å². The molecule has 1 unspecified atom stereocenters. The van der Waals surface area contributed by atoms with Crippen LogP contribution in [-0.2, 0) is 11.2 Å². The Labute approximate surface area is 119 Å². The van der Waals surface area contributed by atoms with Gasteiger partial charge in [0.2, 0.25) is 0 Å². The fourth-order valence-corrected chi connectivity index (χ4v) is 2.86. The molecule has 1 aromatic carbocycles. The molecule has 0 saturated carbocycles. The van der Waals surface area contributed by atoms with E-state index in [0.717, 1.165) is 28.7 Å². The van der Waals surface area contributed by atoms with Gasteiger partial charge in [0.05, 0.1) is 0 Å². The highest BCUT2D eigenvalue weighted by Crippen LogP contribution is 2.39. The van der Waals surface area contributed by atoms with Crippen LogP contribution >= 0.6 is 0 Å². The van der Waals surface area contributed by atoms with E-state index in [9.17, 15) is 4.79 Å². The molecule has 1 radical (unpaired) electrons. The predicted molar refractivity (Wildman–Crippen MR) is 81.6 cm³/mol. The summed E-state index contributed by atoms with van der Waals surface area (Å²) in [5.41, 5.74) is 13.1. The van der Waals surface area contributed by atoms with E-state index in [1.54, 1.807) is 6.08 Å². The van der Waals surface area contributed by atoms with Crippen molar-refractivity contribution in [2.45, 2.75) is 13.3 Å². The third-order valence-electron chi connectivity index (χ3n) is 4.02. The first-order valence-corrected chi connectivity index (χ1v) is 6.76. The zero-order chi connectivity index (χ0) is 14.3. The van der Waals surface area contributed by atoms with Gasteiger partial charge in [-0.25, -0.2) is 0 Å². The van der Waals surface area contributed by atoms with E-state index in [2.05, 4.69) is 31.7 Å². The molecule has 0 bridgehead atoms. The molecular weight excluding hydrogens is 246 g/mol. The summed E-state index contributed by atoms with van der Waals surface area (Å²) in [6.07, 6.45) is 8.86. The van der Waals surface area contributed by atoms with Crippen LogP contribution in [0.1, 0.15) is 23.6 Å². The van der Waals surface area contributed by atoms with Crippen molar-refractivity contribution in [3.8, 4) is 0 Å². The zero-order valence-corrected chi connectivity index (χ0v) is 11.4. The van der Waals surface area contributed by atoms with Crippen LogP contribution < -0.4 is 5.73 Å². The Morgan fingerprint density at radius 2 is 2.15 bits per heavy atom. The molecule has 2 aliphatic carbocycles. The Bertz CT molecular complexity index is 704. The number of amides is 1. The summed E-state index contributed by atoms with van der Waals surface area (Å²) in [7, 11) is 0. The molecule has 0 aliphatic heterocycles. The van der Waals surface area contributed by atoms with Gasteiger partial charge in [-0.3, -0.25) is 10.5 Å². The number of nitrogens with one attached hydrogen (secondary N) is 1. The molecule has 2 heteroatoms. The van der Waals surface area contributed by atoms with Crippen LogP contribution in [0.25, 0.3) is 11.6 Å². The first-order chi connectivity index (χ1) is 9.59. The van der Waals surface area contributed by atoms with Crippen LogP contribution in [0.15, 0.2) is 54.2 Å². The maximum atomic E-state index is 11.6. The van der Waals surface area contributed by atoms with E-state index >= 15 is 0 Å². The van der Waals surface area contributed by atoms with Gasteiger partial charge in [0.15, 0.2) is 0 Å². The second kappa shape index (κ2) is 4.64. The summed E-state index contributed by atoms with van der Waals surface area (Å²) in [6.45, 7) is 6.20. The number of carbonyl (C=O) groups excluding carboxylic acids is 1. The lowest BCUT2D eigenvalue weighted by atomic mass is 9.80. The highest BCUT2D eigenvalue weighted by Gasteiger charge is 2.24. The molecule has 0 heterocycles. The molecule has 3 rings (SSSR count). The minimum Gasteiger partial charge on any atom is -0.267 e. The number of fused-ring (bicyclic) bond motifs is 1. The van der Waals surface area contributed by atoms with Gasteiger partial charge in [0.1, 0.15) is 0 Å². The molecule has 99 valence electrons. The van der Waals surface area contributed by atoms with Crippen molar-refractivity contribution in [2.24, 2.45) is 5.92 Å². The molecule has 0 spiro atoms. The average Bonchev–Trinajstić information content (AvgIpc) is 2.89. The Morgan fingerprint density at radius 1 is 1.35 bits per heavy atom. The van der Waals surface area contributed by atoms with Crippen LogP contribution in [0.5, 0.6) is 0 Å². The monoisotopic (exact) mass is 262 g/mol. The number of benzene rings is 1. The van der Waals surface area contributed by atoms with Gasteiger partial charge in [0, 0.05) is 5.57 Å². The summed E-state index contributed by atoms with van der Waals surface area (Å²) in [5, 5.41) is 0. The SMILES string of the molecule is C=C1C(c2cccc3c2C=CC3)=C(C([NH])=O)C=CC1C. The molecule has 0 aromatic heterocycles. The Hall–Kier alpha value is -2.35. The van der Waals surface area contributed by atoms with Gasteiger partial charge in [-0.1, -0.05) is 56.0 Å². The summed E-state index contributed by atoms with van der Waals surface area (Å²) >= 11 is 0. The smallest absolute Gasteiger partial charge is 0.267 e. The van der Waals surface area contributed by atoms with Crippen molar-refractivity contribution in [3.05, 3.63) is 70.8 Å². The first kappa shape index (κ1) is 12.7. The minimum absolute atomic E-state index is 0.189. The normalized spacial score (nSPS) is 20.4. The molecule has 2 nitrogen and oxygen atoms in total. The van der Waals surface area contributed by atoms with Crippen molar-refractivity contribution in [1.29, 1.82) is 0 Å². The van der Waals surface area contributed by atoms with Crippen molar-refractivity contribution in [2.75, 3.05) is 0 Å². The molecule has 20 heavy (non-hydrogen) atoms. The Kier molecular flexibility index (Phi) is 2.94. The summed E-state index contributed by atoms with van der Waals surface area (Å²) < 4.78 is 0. The van der Waals surface area contributed by atoms with Crippen molar-refractivity contribution in [1.82, 2.24) is 5.73 Å². The van der Waals surface area contributed by atoms with Gasteiger partial charge < -0.3 is 0 Å². The largest absolute Gasteiger partial charge is 0.270 e. The Morgan fingerprint density at radius 3 is 2.90 bits per heavy atom. The molecule has 1 atom stereocenters. The van der Waals surface area contributed by atoms with Crippen LogP contribution in [-0.4, -0.2) is 5.91 Å². The predicted octanol–water partition coefficient (Wildman–Crippen LogP) is 3.58. The highest BCUT2D eigenvalue weighted by atomic mass is 16.1. The quantitative estimate of drug-likeness (QED) is 0.803. The van der Waals surface area contributed by atoms with Gasteiger partial charge in [-0.05, 0) is 40.2 Å². The molecular formula is C18H16NO. The Balaban J connectivity index is 2.27. The third-order valence-corrected chi connectivity index (χ3v) is 4.02. The van der Waals surface area contributed by atoms with Crippen LogP contribution in [0.2, 0.25) is 0 Å². The van der Waals surface area contributed by atoms with Gasteiger partial charge in [-0.2, -0.15) is 0 Å². The molecule has 1 aromatic rings. The van der Waals surface area contributed by atoms with Crippen molar-refractivity contribution < 1.29 is 4.79 Å². The first-order valence-electron chi connectivity index (χ1n) is 6.76. The maximum absolute atomic E-state index is 11.6. The lowest BCUT2D eigenvalue weighted by Gasteiger charge is -2.23. The number of carbonyl (C=O) groups is 1. The highest BCUT2D eigenvalue weighted by molar-refractivity contribution is 6.07. The fourth-order valence-electron chi connectivity index (χ4n) is 2.86. The number of hydrogen-bond donors (Lipinski definition) is 0. The zero-order valence-electron chi connectivity index (χ0n) is 11.4. The topological polar surface area (TPSA) is 40.9 Å². The number of rotatable bonds is 2. The molecule has 0 saturated heterocycles. The molecule has 0 fully saturated rings. The minimum atomic E-state index is -0.649. The fraction of sp³-hybridized carbons (Fsp3) is 0.167. The van der Waals surface area contributed by atoms with Gasteiger partial charge in [0.25, 0.3) is 5.91 Å². The average molecular weight is 262 g/mol. The summed E-state index contributed by atoms with van der Waals surface area (Å²) in [4.78, 5) is 11.6.